The first kappa shape index (κ1) is 14.5. The molecule has 1 saturated carbocycles. The predicted molar refractivity (Wildman–Crippen MR) is 81.2 cm³/mol. The van der Waals surface area contributed by atoms with E-state index in [1.807, 2.05) is 12.4 Å². The Morgan fingerprint density at radius 2 is 1.84 bits per heavy atom. The fourth-order valence-corrected chi connectivity index (χ4v) is 3.35. The molecule has 1 heterocycles. The number of hydrogen-bond donors (Lipinski definition) is 1. The second kappa shape index (κ2) is 8.31. The Kier molecular flexibility index (Phi) is 6.35. The molecular weight excluding hydrogens is 232 g/mol. The first-order chi connectivity index (χ1) is 9.40. The zero-order chi connectivity index (χ0) is 13.3. The largest absolute Gasteiger partial charge is 0.314 e. The molecule has 2 nitrogen and oxygen atoms in total. The molecule has 1 N–H and O–H groups in total. The van der Waals surface area contributed by atoms with Gasteiger partial charge in [0.2, 0.25) is 0 Å². The van der Waals surface area contributed by atoms with E-state index in [2.05, 4.69) is 29.4 Å². The van der Waals surface area contributed by atoms with Crippen LogP contribution in [-0.2, 0) is 6.42 Å². The lowest BCUT2D eigenvalue weighted by molar-refractivity contribution is 0.308. The summed E-state index contributed by atoms with van der Waals surface area (Å²) in [6, 6.07) is 5.00. The summed E-state index contributed by atoms with van der Waals surface area (Å²) in [5.41, 5.74) is 1.42. The Bertz CT molecular complexity index is 328. The molecule has 0 amide bonds. The van der Waals surface area contributed by atoms with Gasteiger partial charge in [0.15, 0.2) is 0 Å². The van der Waals surface area contributed by atoms with Gasteiger partial charge >= 0.3 is 0 Å². The van der Waals surface area contributed by atoms with Crippen LogP contribution in [0.25, 0.3) is 0 Å². The molecule has 0 radical (unpaired) electrons. The Morgan fingerprint density at radius 3 is 2.47 bits per heavy atom. The van der Waals surface area contributed by atoms with Gasteiger partial charge < -0.3 is 5.32 Å². The molecule has 1 aromatic heterocycles. The number of nitrogens with one attached hydrogen (secondary N) is 1. The van der Waals surface area contributed by atoms with Crippen LogP contribution < -0.4 is 5.32 Å². The van der Waals surface area contributed by atoms with Gasteiger partial charge in [-0.1, -0.05) is 32.6 Å². The number of nitrogens with zero attached hydrogens (tertiary/aromatic N) is 1. The normalized spacial score (nSPS) is 19.0. The van der Waals surface area contributed by atoms with Crippen LogP contribution in [0, 0.1) is 5.92 Å². The number of pyridine rings is 1. The molecule has 0 saturated heterocycles. The molecule has 2 heteroatoms. The van der Waals surface area contributed by atoms with Crippen molar-refractivity contribution in [2.75, 3.05) is 6.54 Å². The van der Waals surface area contributed by atoms with E-state index in [9.17, 15) is 0 Å². The molecule has 1 unspecified atom stereocenters. The molecule has 1 fully saturated rings. The topological polar surface area (TPSA) is 24.9 Å². The number of aryl methyl sites for hydroxylation is 1. The second-order valence-corrected chi connectivity index (χ2v) is 5.81. The molecular formula is C17H28N2. The van der Waals surface area contributed by atoms with E-state index in [0.29, 0.717) is 6.04 Å². The summed E-state index contributed by atoms with van der Waals surface area (Å²) in [4.78, 5) is 4.10. The lowest BCUT2D eigenvalue weighted by Gasteiger charge is -2.27. The first-order valence-corrected chi connectivity index (χ1v) is 8.02. The summed E-state index contributed by atoms with van der Waals surface area (Å²) in [5, 5.41) is 3.73. The van der Waals surface area contributed by atoms with Gasteiger partial charge in [-0.15, -0.1) is 0 Å². The van der Waals surface area contributed by atoms with Gasteiger partial charge in [0, 0.05) is 18.4 Å². The summed E-state index contributed by atoms with van der Waals surface area (Å²) >= 11 is 0. The van der Waals surface area contributed by atoms with Gasteiger partial charge in [-0.2, -0.15) is 0 Å². The molecule has 1 aliphatic rings. The van der Waals surface area contributed by atoms with Crippen molar-refractivity contribution >= 4 is 0 Å². The quantitative estimate of drug-likeness (QED) is 0.783. The summed E-state index contributed by atoms with van der Waals surface area (Å²) in [7, 11) is 0. The highest BCUT2D eigenvalue weighted by atomic mass is 14.9. The first-order valence-electron chi connectivity index (χ1n) is 8.02. The zero-order valence-corrected chi connectivity index (χ0v) is 12.3. The minimum atomic E-state index is 0.705. The zero-order valence-electron chi connectivity index (χ0n) is 12.3. The van der Waals surface area contributed by atoms with Gasteiger partial charge in [0.1, 0.15) is 0 Å². The molecule has 0 spiro atoms. The Balaban J connectivity index is 1.87. The Hall–Kier alpha value is -0.890. The maximum atomic E-state index is 4.10. The standard InChI is InChI=1S/C17H28N2/c1-2-19-17(16-7-5-3-4-6-8-16)10-9-15-11-13-18-14-12-15/h11-14,16-17,19H,2-10H2,1H3. The highest BCUT2D eigenvalue weighted by Crippen LogP contribution is 2.27. The van der Waals surface area contributed by atoms with Crippen LogP contribution in [0.4, 0.5) is 0 Å². The van der Waals surface area contributed by atoms with Crippen molar-refractivity contribution in [3.05, 3.63) is 30.1 Å². The van der Waals surface area contributed by atoms with Crippen molar-refractivity contribution in [1.82, 2.24) is 10.3 Å². The molecule has 1 aromatic rings. The molecule has 1 atom stereocenters. The minimum Gasteiger partial charge on any atom is -0.314 e. The van der Waals surface area contributed by atoms with Crippen LogP contribution in [0.2, 0.25) is 0 Å². The van der Waals surface area contributed by atoms with Crippen molar-refractivity contribution < 1.29 is 0 Å². The second-order valence-electron chi connectivity index (χ2n) is 5.81. The molecule has 0 aromatic carbocycles. The van der Waals surface area contributed by atoms with E-state index in [1.165, 1.54) is 56.9 Å². The van der Waals surface area contributed by atoms with E-state index in [4.69, 9.17) is 0 Å². The summed E-state index contributed by atoms with van der Waals surface area (Å²) in [6.07, 6.45) is 14.9. The van der Waals surface area contributed by atoms with Gasteiger partial charge in [-0.05, 0) is 55.8 Å². The highest BCUT2D eigenvalue weighted by Gasteiger charge is 2.21. The third-order valence-electron chi connectivity index (χ3n) is 4.43. The monoisotopic (exact) mass is 260 g/mol. The van der Waals surface area contributed by atoms with Crippen molar-refractivity contribution in [1.29, 1.82) is 0 Å². The average Bonchev–Trinajstić information content (AvgIpc) is 2.73. The van der Waals surface area contributed by atoms with E-state index in [-0.39, 0.29) is 0 Å². The van der Waals surface area contributed by atoms with E-state index in [0.717, 1.165) is 12.5 Å². The smallest absolute Gasteiger partial charge is 0.0270 e. The van der Waals surface area contributed by atoms with Gasteiger partial charge in [0.05, 0.1) is 0 Å². The summed E-state index contributed by atoms with van der Waals surface area (Å²) < 4.78 is 0. The van der Waals surface area contributed by atoms with Crippen LogP contribution in [0.15, 0.2) is 24.5 Å². The lowest BCUT2D eigenvalue weighted by Crippen LogP contribution is -2.36. The molecule has 2 rings (SSSR count). The van der Waals surface area contributed by atoms with E-state index >= 15 is 0 Å². The molecule has 0 bridgehead atoms. The average molecular weight is 260 g/mol. The van der Waals surface area contributed by atoms with Crippen LogP contribution in [-0.4, -0.2) is 17.6 Å². The lowest BCUT2D eigenvalue weighted by atomic mass is 9.88. The number of aromatic nitrogens is 1. The maximum Gasteiger partial charge on any atom is 0.0270 e. The van der Waals surface area contributed by atoms with Crippen molar-refractivity contribution in [2.45, 2.75) is 64.3 Å². The fourth-order valence-electron chi connectivity index (χ4n) is 3.35. The SMILES string of the molecule is CCNC(CCc1ccncc1)C1CCCCCC1. The Labute approximate surface area is 118 Å². The molecule has 1 aliphatic carbocycles. The maximum absolute atomic E-state index is 4.10. The minimum absolute atomic E-state index is 0.705. The third-order valence-corrected chi connectivity index (χ3v) is 4.43. The highest BCUT2D eigenvalue weighted by molar-refractivity contribution is 5.10. The van der Waals surface area contributed by atoms with E-state index in [1.54, 1.807) is 0 Å². The number of rotatable bonds is 6. The van der Waals surface area contributed by atoms with Crippen LogP contribution in [0.5, 0.6) is 0 Å². The predicted octanol–water partition coefficient (Wildman–Crippen LogP) is 3.96. The molecule has 106 valence electrons. The Morgan fingerprint density at radius 1 is 1.16 bits per heavy atom. The van der Waals surface area contributed by atoms with Crippen molar-refractivity contribution in [3.8, 4) is 0 Å². The van der Waals surface area contributed by atoms with Gasteiger partial charge in [-0.3, -0.25) is 4.98 Å². The van der Waals surface area contributed by atoms with Gasteiger partial charge in [-0.25, -0.2) is 0 Å². The van der Waals surface area contributed by atoms with Gasteiger partial charge in [0.25, 0.3) is 0 Å². The third kappa shape index (κ3) is 4.94. The van der Waals surface area contributed by atoms with Crippen molar-refractivity contribution in [2.24, 2.45) is 5.92 Å². The number of hydrogen-bond acceptors (Lipinski definition) is 2. The fraction of sp³-hybridized carbons (Fsp3) is 0.706. The van der Waals surface area contributed by atoms with Crippen molar-refractivity contribution in [3.63, 3.8) is 0 Å². The van der Waals surface area contributed by atoms with E-state index < -0.39 is 0 Å². The summed E-state index contributed by atoms with van der Waals surface area (Å²) in [6.45, 7) is 3.33. The van der Waals surface area contributed by atoms with Crippen LogP contribution >= 0.6 is 0 Å². The van der Waals surface area contributed by atoms with Crippen LogP contribution in [0.1, 0.15) is 57.4 Å². The molecule has 19 heavy (non-hydrogen) atoms. The van der Waals surface area contributed by atoms with Crippen LogP contribution in [0.3, 0.4) is 0 Å². The molecule has 0 aliphatic heterocycles. The summed E-state index contributed by atoms with van der Waals surface area (Å²) in [5.74, 6) is 0.893.